The molecule has 3 rings (SSSR count). The maximum absolute atomic E-state index is 12.7. The molecule has 1 fully saturated rings. The largest absolute Gasteiger partial charge is 0.379 e. The van der Waals surface area contributed by atoms with E-state index in [0.29, 0.717) is 12.5 Å². The number of ether oxygens (including phenoxy) is 1. The minimum absolute atomic E-state index is 0.0397. The van der Waals surface area contributed by atoms with Crippen molar-refractivity contribution in [2.45, 2.75) is 32.8 Å². The van der Waals surface area contributed by atoms with Crippen molar-refractivity contribution < 1.29 is 9.53 Å². The van der Waals surface area contributed by atoms with Crippen LogP contribution in [0.25, 0.3) is 6.08 Å². The summed E-state index contributed by atoms with van der Waals surface area (Å²) in [5, 5.41) is 4.40. The van der Waals surface area contributed by atoms with Crippen molar-refractivity contribution >= 4 is 12.0 Å². The lowest BCUT2D eigenvalue weighted by Gasteiger charge is -2.37. The Labute approximate surface area is 161 Å². The van der Waals surface area contributed by atoms with Gasteiger partial charge >= 0.3 is 0 Å². The number of hydrogen-bond acceptors (Lipinski definition) is 3. The molecule has 2 atom stereocenters. The quantitative estimate of drug-likeness (QED) is 0.763. The van der Waals surface area contributed by atoms with Crippen molar-refractivity contribution in [3.63, 3.8) is 0 Å². The summed E-state index contributed by atoms with van der Waals surface area (Å²) in [7, 11) is 3.66. The molecule has 2 aromatic rings. The van der Waals surface area contributed by atoms with Crippen LogP contribution in [0.15, 0.2) is 36.4 Å². The van der Waals surface area contributed by atoms with Gasteiger partial charge in [0.15, 0.2) is 0 Å². The van der Waals surface area contributed by atoms with Crippen LogP contribution < -0.4 is 0 Å². The molecule has 27 heavy (non-hydrogen) atoms. The summed E-state index contributed by atoms with van der Waals surface area (Å²) >= 11 is 0. The predicted molar refractivity (Wildman–Crippen MR) is 107 cm³/mol. The summed E-state index contributed by atoms with van der Waals surface area (Å²) in [4.78, 5) is 14.6. The van der Waals surface area contributed by atoms with E-state index >= 15 is 0 Å². The lowest BCUT2D eigenvalue weighted by Crippen LogP contribution is -2.47. The Morgan fingerprint density at radius 1 is 1.30 bits per heavy atom. The van der Waals surface area contributed by atoms with E-state index in [1.165, 1.54) is 5.56 Å². The number of piperidine rings is 1. The zero-order chi connectivity index (χ0) is 19.4. The molecule has 0 unspecified atom stereocenters. The topological polar surface area (TPSA) is 47.4 Å². The highest BCUT2D eigenvalue weighted by molar-refractivity contribution is 5.92. The Morgan fingerprint density at radius 2 is 2.04 bits per heavy atom. The molecule has 0 aliphatic carbocycles. The smallest absolute Gasteiger partial charge is 0.246 e. The fourth-order valence-electron chi connectivity index (χ4n) is 3.87. The van der Waals surface area contributed by atoms with Crippen molar-refractivity contribution in [3.8, 4) is 0 Å². The molecule has 1 saturated heterocycles. The average molecular weight is 367 g/mol. The molecule has 144 valence electrons. The highest BCUT2D eigenvalue weighted by Gasteiger charge is 2.30. The fourth-order valence-corrected chi connectivity index (χ4v) is 3.87. The van der Waals surface area contributed by atoms with Crippen LogP contribution in [-0.2, 0) is 23.0 Å². The number of benzene rings is 1. The number of carbonyl (C=O) groups is 1. The van der Waals surface area contributed by atoms with E-state index in [0.717, 1.165) is 36.3 Å². The van der Waals surface area contributed by atoms with Crippen LogP contribution >= 0.6 is 0 Å². The van der Waals surface area contributed by atoms with Gasteiger partial charge in [-0.25, -0.2) is 0 Å². The number of rotatable bonds is 5. The molecule has 5 heteroatoms. The number of likely N-dealkylation sites (tertiary alicyclic amines) is 1. The minimum atomic E-state index is 0.0397. The molecule has 1 aliphatic heterocycles. The lowest BCUT2D eigenvalue weighted by molar-refractivity contribution is -0.131. The zero-order valence-corrected chi connectivity index (χ0v) is 16.7. The van der Waals surface area contributed by atoms with Gasteiger partial charge < -0.3 is 9.64 Å². The summed E-state index contributed by atoms with van der Waals surface area (Å²) in [6.07, 6.45) is 5.57. The van der Waals surface area contributed by atoms with E-state index in [4.69, 9.17) is 4.74 Å². The molecule has 2 heterocycles. The Kier molecular flexibility index (Phi) is 6.11. The minimum Gasteiger partial charge on any atom is -0.379 e. The Balaban J connectivity index is 1.63. The first kappa shape index (κ1) is 19.4. The molecule has 0 bridgehead atoms. The normalized spacial score (nSPS) is 20.4. The van der Waals surface area contributed by atoms with Crippen molar-refractivity contribution in [2.24, 2.45) is 13.0 Å². The van der Waals surface area contributed by atoms with Crippen LogP contribution in [-0.4, -0.2) is 46.9 Å². The number of aryl methyl sites for hydroxylation is 2. The van der Waals surface area contributed by atoms with E-state index in [1.54, 1.807) is 13.2 Å². The Hall–Kier alpha value is -2.40. The van der Waals surface area contributed by atoms with E-state index in [-0.39, 0.29) is 12.0 Å². The molecule has 5 nitrogen and oxygen atoms in total. The summed E-state index contributed by atoms with van der Waals surface area (Å²) in [5.74, 6) is 0.478. The monoisotopic (exact) mass is 367 g/mol. The van der Waals surface area contributed by atoms with Gasteiger partial charge in [-0.15, -0.1) is 0 Å². The van der Waals surface area contributed by atoms with Crippen molar-refractivity contribution in [3.05, 3.63) is 58.9 Å². The standard InChI is InChI=1S/C22H29N3O2/c1-16-20(17(2)24(3)23-16)10-11-22(26)25-13-12-19(21(15-25)27-4)14-18-8-6-5-7-9-18/h5-11,19,21H,12-15H2,1-4H3/b11-10+/t19-,21+/m1/s1. The summed E-state index contributed by atoms with van der Waals surface area (Å²) < 4.78 is 7.57. The number of carbonyl (C=O) groups excluding carboxylic acids is 1. The van der Waals surface area contributed by atoms with Crippen LogP contribution in [0.2, 0.25) is 0 Å². The van der Waals surface area contributed by atoms with E-state index in [1.807, 2.05) is 42.6 Å². The fraction of sp³-hybridized carbons (Fsp3) is 0.455. The first-order valence-corrected chi connectivity index (χ1v) is 9.53. The van der Waals surface area contributed by atoms with Crippen LogP contribution in [0.5, 0.6) is 0 Å². The first-order valence-electron chi connectivity index (χ1n) is 9.53. The van der Waals surface area contributed by atoms with Gasteiger partial charge in [0.05, 0.1) is 11.8 Å². The lowest BCUT2D eigenvalue weighted by atomic mass is 9.87. The van der Waals surface area contributed by atoms with Gasteiger partial charge in [-0.1, -0.05) is 30.3 Å². The molecule has 1 aliphatic rings. The van der Waals surface area contributed by atoms with Gasteiger partial charge in [-0.3, -0.25) is 9.48 Å². The van der Waals surface area contributed by atoms with E-state index < -0.39 is 0 Å². The maximum atomic E-state index is 12.7. The number of aromatic nitrogens is 2. The summed E-state index contributed by atoms with van der Waals surface area (Å²) in [6, 6.07) is 10.5. The Morgan fingerprint density at radius 3 is 2.67 bits per heavy atom. The molecule has 0 radical (unpaired) electrons. The first-order chi connectivity index (χ1) is 13.0. The van der Waals surface area contributed by atoms with Crippen molar-refractivity contribution in [2.75, 3.05) is 20.2 Å². The zero-order valence-electron chi connectivity index (χ0n) is 16.7. The van der Waals surface area contributed by atoms with Gasteiger partial charge in [0.1, 0.15) is 0 Å². The summed E-state index contributed by atoms with van der Waals surface area (Å²) in [5.41, 5.74) is 4.35. The number of amides is 1. The van der Waals surface area contributed by atoms with Crippen molar-refractivity contribution in [1.29, 1.82) is 0 Å². The molecule has 0 saturated carbocycles. The third-order valence-corrected chi connectivity index (χ3v) is 5.61. The van der Waals surface area contributed by atoms with Crippen molar-refractivity contribution in [1.82, 2.24) is 14.7 Å². The molecular formula is C22H29N3O2. The van der Waals surface area contributed by atoms with Crippen LogP contribution in [0.3, 0.4) is 0 Å². The second-order valence-electron chi connectivity index (χ2n) is 7.34. The number of hydrogen-bond donors (Lipinski definition) is 0. The third kappa shape index (κ3) is 4.48. The molecule has 1 amide bonds. The second-order valence-corrected chi connectivity index (χ2v) is 7.34. The second kappa shape index (κ2) is 8.53. The molecule has 0 N–H and O–H groups in total. The van der Waals surface area contributed by atoms with Gasteiger partial charge in [0, 0.05) is 44.6 Å². The highest BCUT2D eigenvalue weighted by atomic mass is 16.5. The van der Waals surface area contributed by atoms with E-state index in [2.05, 4.69) is 29.4 Å². The molecule has 0 spiro atoms. The maximum Gasteiger partial charge on any atom is 0.246 e. The summed E-state index contributed by atoms with van der Waals surface area (Å²) in [6.45, 7) is 5.39. The third-order valence-electron chi connectivity index (χ3n) is 5.61. The number of nitrogens with zero attached hydrogens (tertiary/aromatic N) is 3. The highest BCUT2D eigenvalue weighted by Crippen LogP contribution is 2.24. The van der Waals surface area contributed by atoms with Crippen LogP contribution in [0.1, 0.15) is 28.9 Å². The number of methoxy groups -OCH3 is 1. The molecular weight excluding hydrogens is 338 g/mol. The molecule has 1 aromatic carbocycles. The Bertz CT molecular complexity index is 810. The van der Waals surface area contributed by atoms with Gasteiger partial charge in [-0.2, -0.15) is 5.10 Å². The van der Waals surface area contributed by atoms with Gasteiger partial charge in [0.2, 0.25) is 5.91 Å². The SMILES string of the molecule is CO[C@H]1CN(C(=O)/C=C/c2c(C)nn(C)c2C)CC[C@@H]1Cc1ccccc1. The predicted octanol–water partition coefficient (Wildman–Crippen LogP) is 3.16. The van der Waals surface area contributed by atoms with Crippen LogP contribution in [0.4, 0.5) is 0 Å². The van der Waals surface area contributed by atoms with Crippen LogP contribution in [0, 0.1) is 19.8 Å². The average Bonchev–Trinajstić information content (AvgIpc) is 2.92. The van der Waals surface area contributed by atoms with Gasteiger partial charge in [0.25, 0.3) is 0 Å². The van der Waals surface area contributed by atoms with E-state index in [9.17, 15) is 4.79 Å². The van der Waals surface area contributed by atoms with Gasteiger partial charge in [-0.05, 0) is 44.2 Å². The molecule has 1 aromatic heterocycles.